The van der Waals surface area contributed by atoms with Crippen LogP contribution in [0.1, 0.15) is 29.6 Å². The van der Waals surface area contributed by atoms with Gasteiger partial charge in [-0.25, -0.2) is 0 Å². The van der Waals surface area contributed by atoms with Crippen molar-refractivity contribution in [2.45, 2.75) is 31.5 Å². The van der Waals surface area contributed by atoms with Crippen molar-refractivity contribution in [1.82, 2.24) is 9.80 Å². The highest BCUT2D eigenvalue weighted by atomic mass is 35.5. The third-order valence-electron chi connectivity index (χ3n) is 4.81. The van der Waals surface area contributed by atoms with E-state index in [0.717, 1.165) is 19.3 Å². The van der Waals surface area contributed by atoms with Gasteiger partial charge < -0.3 is 20.3 Å². The highest BCUT2D eigenvalue weighted by Crippen LogP contribution is 2.21. The van der Waals surface area contributed by atoms with Crippen LogP contribution in [0.25, 0.3) is 0 Å². The summed E-state index contributed by atoms with van der Waals surface area (Å²) < 4.78 is 5.71. The summed E-state index contributed by atoms with van der Waals surface area (Å²) in [5.41, 5.74) is 6.19. The summed E-state index contributed by atoms with van der Waals surface area (Å²) in [7, 11) is 0. The Morgan fingerprint density at radius 2 is 1.92 bits per heavy atom. The van der Waals surface area contributed by atoms with E-state index in [1.165, 1.54) is 0 Å². The lowest BCUT2D eigenvalue weighted by molar-refractivity contribution is -0.142. The minimum atomic E-state index is -0.385. The van der Waals surface area contributed by atoms with Gasteiger partial charge in [0.1, 0.15) is 6.10 Å². The topological polar surface area (TPSA) is 75.9 Å². The average Bonchev–Trinajstić information content (AvgIpc) is 2.97. The van der Waals surface area contributed by atoms with Gasteiger partial charge in [-0.1, -0.05) is 17.7 Å². The molecule has 1 aromatic rings. The van der Waals surface area contributed by atoms with Crippen molar-refractivity contribution in [3.63, 3.8) is 0 Å². The first-order chi connectivity index (χ1) is 12.1. The molecule has 0 bridgehead atoms. The fourth-order valence-corrected chi connectivity index (χ4v) is 3.60. The molecule has 2 aliphatic rings. The molecule has 6 nitrogen and oxygen atoms in total. The molecule has 2 amide bonds. The minimum Gasteiger partial charge on any atom is -0.364 e. The predicted octanol–water partition coefficient (Wildman–Crippen LogP) is 1.52. The Balaban J connectivity index is 1.59. The van der Waals surface area contributed by atoms with Gasteiger partial charge in [0.2, 0.25) is 0 Å². The number of ether oxygens (including phenoxy) is 1. The van der Waals surface area contributed by atoms with Gasteiger partial charge in [-0.3, -0.25) is 9.59 Å². The van der Waals surface area contributed by atoms with Crippen LogP contribution in [0.5, 0.6) is 0 Å². The van der Waals surface area contributed by atoms with Crippen LogP contribution in [0.4, 0.5) is 0 Å². The maximum atomic E-state index is 12.6. The van der Waals surface area contributed by atoms with E-state index in [2.05, 4.69) is 0 Å². The van der Waals surface area contributed by atoms with E-state index in [0.29, 0.717) is 43.3 Å². The fraction of sp³-hybridized carbons (Fsp3) is 0.556. The molecule has 0 radical (unpaired) electrons. The van der Waals surface area contributed by atoms with E-state index >= 15 is 0 Å². The Morgan fingerprint density at radius 3 is 2.64 bits per heavy atom. The van der Waals surface area contributed by atoms with Crippen LogP contribution in [0.15, 0.2) is 24.3 Å². The number of hydrogen-bond acceptors (Lipinski definition) is 4. The molecule has 3 rings (SSSR count). The van der Waals surface area contributed by atoms with Crippen LogP contribution >= 0.6 is 11.6 Å². The van der Waals surface area contributed by atoms with Gasteiger partial charge in [0, 0.05) is 43.3 Å². The molecule has 2 saturated heterocycles. The Labute approximate surface area is 152 Å². The lowest BCUT2D eigenvalue weighted by Crippen LogP contribution is -2.42. The molecular formula is C18H24ClN3O3. The molecule has 2 aliphatic heterocycles. The van der Waals surface area contributed by atoms with E-state index in [1.807, 2.05) is 4.90 Å². The number of nitrogens with two attached hydrogens (primary N) is 1. The monoisotopic (exact) mass is 365 g/mol. The SMILES string of the molecule is NC[C@H]1CC[C@@H](C(=O)N2CCCN(C(=O)c3cccc(Cl)c3)CC2)O1. The summed E-state index contributed by atoms with van der Waals surface area (Å²) in [5, 5.41) is 0.547. The zero-order chi connectivity index (χ0) is 17.8. The first-order valence-electron chi connectivity index (χ1n) is 8.77. The van der Waals surface area contributed by atoms with Crippen LogP contribution < -0.4 is 5.73 Å². The van der Waals surface area contributed by atoms with Crippen molar-refractivity contribution in [3.8, 4) is 0 Å². The van der Waals surface area contributed by atoms with Gasteiger partial charge in [0.15, 0.2) is 0 Å². The normalized spacial score (nSPS) is 24.2. The van der Waals surface area contributed by atoms with Crippen LogP contribution in [0, 0.1) is 0 Å². The number of carbonyl (C=O) groups excluding carboxylic acids is 2. The van der Waals surface area contributed by atoms with Gasteiger partial charge in [-0.15, -0.1) is 0 Å². The van der Waals surface area contributed by atoms with E-state index in [9.17, 15) is 9.59 Å². The van der Waals surface area contributed by atoms with E-state index < -0.39 is 0 Å². The molecule has 0 unspecified atom stereocenters. The van der Waals surface area contributed by atoms with E-state index in [-0.39, 0.29) is 24.0 Å². The Kier molecular flexibility index (Phi) is 5.93. The molecule has 0 aromatic heterocycles. The molecule has 1 aromatic carbocycles. The summed E-state index contributed by atoms with van der Waals surface area (Å²) in [5.74, 6) is -0.0230. The zero-order valence-electron chi connectivity index (χ0n) is 14.2. The lowest BCUT2D eigenvalue weighted by atomic mass is 10.2. The number of hydrogen-bond donors (Lipinski definition) is 1. The average molecular weight is 366 g/mol. The second-order valence-corrected chi connectivity index (χ2v) is 6.98. The molecule has 0 saturated carbocycles. The number of nitrogens with zero attached hydrogens (tertiary/aromatic N) is 2. The van der Waals surface area contributed by atoms with E-state index in [4.69, 9.17) is 22.1 Å². The Bertz CT molecular complexity index is 640. The van der Waals surface area contributed by atoms with Crippen molar-refractivity contribution in [3.05, 3.63) is 34.9 Å². The number of amides is 2. The molecule has 0 spiro atoms. The molecule has 2 fully saturated rings. The predicted molar refractivity (Wildman–Crippen MR) is 95.5 cm³/mol. The van der Waals surface area contributed by atoms with Crippen molar-refractivity contribution >= 4 is 23.4 Å². The maximum absolute atomic E-state index is 12.6. The summed E-state index contributed by atoms with van der Waals surface area (Å²) in [4.78, 5) is 28.9. The van der Waals surface area contributed by atoms with Crippen LogP contribution in [-0.2, 0) is 9.53 Å². The molecule has 7 heteroatoms. The minimum absolute atomic E-state index is 0.0122. The van der Waals surface area contributed by atoms with Crippen molar-refractivity contribution in [2.75, 3.05) is 32.7 Å². The fourth-order valence-electron chi connectivity index (χ4n) is 3.41. The number of benzene rings is 1. The quantitative estimate of drug-likeness (QED) is 0.881. The van der Waals surface area contributed by atoms with Crippen LogP contribution in [-0.4, -0.2) is 66.5 Å². The largest absolute Gasteiger partial charge is 0.364 e. The summed E-state index contributed by atoms with van der Waals surface area (Å²) in [6.07, 6.45) is 1.92. The first kappa shape index (κ1) is 18.2. The summed E-state index contributed by atoms with van der Waals surface area (Å²) in [6, 6.07) is 6.96. The number of halogens is 1. The molecule has 2 N–H and O–H groups in total. The molecular weight excluding hydrogens is 342 g/mol. The Morgan fingerprint density at radius 1 is 1.16 bits per heavy atom. The number of rotatable bonds is 3. The molecule has 25 heavy (non-hydrogen) atoms. The van der Waals surface area contributed by atoms with Crippen molar-refractivity contribution in [1.29, 1.82) is 0 Å². The second kappa shape index (κ2) is 8.17. The van der Waals surface area contributed by atoms with Gasteiger partial charge >= 0.3 is 0 Å². The van der Waals surface area contributed by atoms with Crippen LogP contribution in [0.2, 0.25) is 5.02 Å². The Hall–Kier alpha value is -1.63. The molecule has 2 heterocycles. The zero-order valence-corrected chi connectivity index (χ0v) is 15.0. The van der Waals surface area contributed by atoms with Crippen molar-refractivity contribution in [2.24, 2.45) is 5.73 Å². The number of carbonyl (C=O) groups is 2. The van der Waals surface area contributed by atoms with Gasteiger partial charge in [-0.2, -0.15) is 0 Å². The summed E-state index contributed by atoms with van der Waals surface area (Å²) in [6.45, 7) is 2.77. The molecule has 136 valence electrons. The first-order valence-corrected chi connectivity index (χ1v) is 9.15. The summed E-state index contributed by atoms with van der Waals surface area (Å²) >= 11 is 5.97. The third kappa shape index (κ3) is 4.32. The highest BCUT2D eigenvalue weighted by Gasteiger charge is 2.33. The third-order valence-corrected chi connectivity index (χ3v) is 5.05. The second-order valence-electron chi connectivity index (χ2n) is 6.54. The molecule has 2 atom stereocenters. The van der Waals surface area contributed by atoms with E-state index in [1.54, 1.807) is 29.2 Å². The maximum Gasteiger partial charge on any atom is 0.253 e. The molecule has 0 aliphatic carbocycles. The van der Waals surface area contributed by atoms with Gasteiger partial charge in [0.05, 0.1) is 6.10 Å². The standard InChI is InChI=1S/C18H24ClN3O3/c19-14-4-1-3-13(11-14)17(23)21-7-2-8-22(10-9-21)18(24)16-6-5-15(12-20)25-16/h1,3-4,11,15-16H,2,5-10,12,20H2/t15-,16+/m1/s1. The van der Waals surface area contributed by atoms with Crippen LogP contribution in [0.3, 0.4) is 0 Å². The van der Waals surface area contributed by atoms with Gasteiger partial charge in [-0.05, 0) is 37.5 Å². The van der Waals surface area contributed by atoms with Gasteiger partial charge in [0.25, 0.3) is 11.8 Å². The smallest absolute Gasteiger partial charge is 0.253 e. The van der Waals surface area contributed by atoms with Crippen molar-refractivity contribution < 1.29 is 14.3 Å². The lowest BCUT2D eigenvalue weighted by Gasteiger charge is -2.24. The highest BCUT2D eigenvalue weighted by molar-refractivity contribution is 6.30.